The fourth-order valence-electron chi connectivity index (χ4n) is 5.63. The van der Waals surface area contributed by atoms with Gasteiger partial charge >= 0.3 is 0 Å². The van der Waals surface area contributed by atoms with Crippen LogP contribution in [0.15, 0.2) is 90.0 Å². The summed E-state index contributed by atoms with van der Waals surface area (Å²) >= 11 is 0. The Labute approximate surface area is 218 Å². The lowest BCUT2D eigenvalue weighted by molar-refractivity contribution is -0.433. The molecule has 37 heavy (non-hydrogen) atoms. The maximum atomic E-state index is 12.0. The number of para-hydroxylation sites is 1. The summed E-state index contributed by atoms with van der Waals surface area (Å²) in [7, 11) is -4.32. The molecule has 5 rings (SSSR count). The standard InChI is InChI=1S/C30H31N3O3S/c1-5-32-24-16-15-22(37(34,35)36)20-23(24)28-25(32)17-18-26-29(28)30(3,4)27(33(26)6-2)14-10-11-19-31-21-12-8-7-9-13-21/h7-20H,5-6H2,1-4H3,(H,34,35,36)/p+1. The molecule has 1 aliphatic heterocycles. The van der Waals surface area contributed by atoms with E-state index in [0.29, 0.717) is 0 Å². The highest BCUT2D eigenvalue weighted by Gasteiger charge is 2.45. The molecule has 2 heterocycles. The SMILES string of the molecule is CCn1c2ccc(S(=O)(=O)O)cc2c2c3c(ccc21)[N+](CC)=C(/C=C/C=C/Nc1ccccc1)C3(C)C. The molecule has 190 valence electrons. The van der Waals surface area contributed by atoms with Crippen LogP contribution >= 0.6 is 0 Å². The fraction of sp³-hybridized carbons (Fsp3) is 0.233. The number of allylic oxidation sites excluding steroid dienone is 3. The van der Waals surface area contributed by atoms with E-state index in [4.69, 9.17) is 0 Å². The van der Waals surface area contributed by atoms with E-state index in [9.17, 15) is 13.0 Å². The van der Waals surface area contributed by atoms with E-state index < -0.39 is 10.1 Å². The Kier molecular flexibility index (Phi) is 6.30. The highest BCUT2D eigenvalue weighted by Crippen LogP contribution is 2.47. The number of nitrogens with zero attached hydrogens (tertiary/aromatic N) is 2. The normalized spacial score (nSPS) is 15.5. The first-order chi connectivity index (χ1) is 17.7. The zero-order valence-electron chi connectivity index (χ0n) is 21.6. The van der Waals surface area contributed by atoms with Gasteiger partial charge < -0.3 is 9.88 Å². The molecule has 0 radical (unpaired) electrons. The van der Waals surface area contributed by atoms with Gasteiger partial charge in [0, 0.05) is 57.9 Å². The van der Waals surface area contributed by atoms with Gasteiger partial charge in [0.05, 0.1) is 10.3 Å². The number of fused-ring (bicyclic) bond motifs is 5. The van der Waals surface area contributed by atoms with Crippen LogP contribution in [0, 0.1) is 0 Å². The van der Waals surface area contributed by atoms with Crippen LogP contribution in [0.1, 0.15) is 33.3 Å². The summed E-state index contributed by atoms with van der Waals surface area (Å²) in [5.41, 5.74) is 6.18. The van der Waals surface area contributed by atoms with Gasteiger partial charge in [-0.2, -0.15) is 13.0 Å². The van der Waals surface area contributed by atoms with Crippen molar-refractivity contribution in [2.75, 3.05) is 11.9 Å². The van der Waals surface area contributed by atoms with Crippen molar-refractivity contribution < 1.29 is 17.5 Å². The summed E-state index contributed by atoms with van der Waals surface area (Å²) in [6, 6.07) is 19.2. The van der Waals surface area contributed by atoms with E-state index in [-0.39, 0.29) is 10.3 Å². The number of aromatic nitrogens is 1. The monoisotopic (exact) mass is 514 g/mol. The summed E-state index contributed by atoms with van der Waals surface area (Å²) in [6.07, 6.45) is 8.11. The molecule has 0 bridgehead atoms. The van der Waals surface area contributed by atoms with Crippen LogP contribution < -0.4 is 5.32 Å². The number of aryl methyl sites for hydroxylation is 1. The molecule has 3 aromatic carbocycles. The Morgan fingerprint density at radius 2 is 1.73 bits per heavy atom. The van der Waals surface area contributed by atoms with Crippen LogP contribution in [0.3, 0.4) is 0 Å². The predicted octanol–water partition coefficient (Wildman–Crippen LogP) is 6.64. The van der Waals surface area contributed by atoms with Gasteiger partial charge in [0.1, 0.15) is 6.54 Å². The molecule has 0 unspecified atom stereocenters. The van der Waals surface area contributed by atoms with Crippen molar-refractivity contribution in [1.82, 2.24) is 4.57 Å². The number of anilines is 1. The van der Waals surface area contributed by atoms with Crippen molar-refractivity contribution in [3.05, 3.63) is 90.7 Å². The lowest BCUT2D eigenvalue weighted by Crippen LogP contribution is -2.27. The van der Waals surface area contributed by atoms with E-state index in [1.807, 2.05) is 48.7 Å². The molecule has 1 aromatic heterocycles. The van der Waals surface area contributed by atoms with Gasteiger partial charge in [-0.1, -0.05) is 24.3 Å². The number of benzene rings is 3. The zero-order chi connectivity index (χ0) is 26.4. The summed E-state index contributed by atoms with van der Waals surface area (Å²) in [4.78, 5) is -0.0870. The number of rotatable bonds is 7. The zero-order valence-corrected chi connectivity index (χ0v) is 22.4. The van der Waals surface area contributed by atoms with Crippen molar-refractivity contribution in [2.24, 2.45) is 0 Å². The van der Waals surface area contributed by atoms with Crippen LogP contribution in [-0.2, 0) is 22.1 Å². The third kappa shape index (κ3) is 4.18. The van der Waals surface area contributed by atoms with Gasteiger partial charge in [-0.05, 0) is 70.2 Å². The minimum Gasteiger partial charge on any atom is -0.362 e. The van der Waals surface area contributed by atoms with Crippen LogP contribution in [0.25, 0.3) is 21.8 Å². The smallest absolute Gasteiger partial charge is 0.294 e. The first-order valence-electron chi connectivity index (χ1n) is 12.5. The summed E-state index contributed by atoms with van der Waals surface area (Å²) in [5, 5.41) is 5.15. The largest absolute Gasteiger partial charge is 0.362 e. The molecular formula is C30H32N3O3S+. The molecule has 0 atom stereocenters. The van der Waals surface area contributed by atoms with E-state index in [1.165, 1.54) is 17.3 Å². The van der Waals surface area contributed by atoms with Crippen LogP contribution in [-0.4, -0.2) is 34.4 Å². The Balaban J connectivity index is 1.64. The molecule has 0 amide bonds. The quantitative estimate of drug-likeness (QED) is 0.165. The van der Waals surface area contributed by atoms with Crippen molar-refractivity contribution >= 4 is 49.0 Å². The topological polar surface area (TPSA) is 74.3 Å². The second-order valence-electron chi connectivity index (χ2n) is 9.74. The predicted molar refractivity (Wildman–Crippen MR) is 152 cm³/mol. The Bertz CT molecular complexity index is 1710. The van der Waals surface area contributed by atoms with E-state index in [2.05, 4.69) is 60.4 Å². The molecule has 0 fully saturated rings. The average Bonchev–Trinajstić information content (AvgIpc) is 3.31. The first kappa shape index (κ1) is 25.0. The van der Waals surface area contributed by atoms with Crippen molar-refractivity contribution in [3.63, 3.8) is 0 Å². The molecule has 0 saturated carbocycles. The maximum Gasteiger partial charge on any atom is 0.294 e. The Hall–Kier alpha value is -3.68. The Morgan fingerprint density at radius 3 is 2.41 bits per heavy atom. The molecule has 2 N–H and O–H groups in total. The van der Waals surface area contributed by atoms with Crippen LogP contribution in [0.5, 0.6) is 0 Å². The van der Waals surface area contributed by atoms with E-state index >= 15 is 0 Å². The second-order valence-corrected chi connectivity index (χ2v) is 11.2. The van der Waals surface area contributed by atoms with Gasteiger partial charge in [-0.25, -0.2) is 0 Å². The van der Waals surface area contributed by atoms with Gasteiger partial charge in [-0.15, -0.1) is 0 Å². The molecule has 0 saturated heterocycles. The van der Waals surface area contributed by atoms with E-state index in [1.54, 1.807) is 12.1 Å². The molecule has 6 nitrogen and oxygen atoms in total. The van der Waals surface area contributed by atoms with E-state index in [0.717, 1.165) is 46.3 Å². The number of hydrogen-bond acceptors (Lipinski definition) is 3. The Morgan fingerprint density at radius 1 is 1.00 bits per heavy atom. The molecule has 4 aromatic rings. The first-order valence-corrected chi connectivity index (χ1v) is 14.0. The van der Waals surface area contributed by atoms with Gasteiger partial charge in [0.15, 0.2) is 5.71 Å². The fourth-order valence-corrected chi connectivity index (χ4v) is 6.14. The summed E-state index contributed by atoms with van der Waals surface area (Å²) in [6.45, 7) is 10.2. The van der Waals surface area contributed by atoms with Crippen molar-refractivity contribution in [2.45, 2.75) is 44.6 Å². The minimum absolute atomic E-state index is 0.0870. The summed E-state index contributed by atoms with van der Waals surface area (Å²) < 4.78 is 38.2. The minimum atomic E-state index is -4.32. The van der Waals surface area contributed by atoms with Gasteiger partial charge in [0.2, 0.25) is 5.69 Å². The average molecular weight is 515 g/mol. The van der Waals surface area contributed by atoms with Gasteiger partial charge in [0.25, 0.3) is 10.1 Å². The van der Waals surface area contributed by atoms with Crippen molar-refractivity contribution in [1.29, 1.82) is 0 Å². The maximum absolute atomic E-state index is 12.0. The van der Waals surface area contributed by atoms with Crippen LogP contribution in [0.4, 0.5) is 11.4 Å². The lowest BCUT2D eigenvalue weighted by Gasteiger charge is -2.17. The second kappa shape index (κ2) is 9.32. The molecule has 7 heteroatoms. The lowest BCUT2D eigenvalue weighted by atomic mass is 9.79. The van der Waals surface area contributed by atoms with Crippen molar-refractivity contribution in [3.8, 4) is 0 Å². The highest BCUT2D eigenvalue weighted by atomic mass is 32.2. The number of nitrogens with one attached hydrogen (secondary N) is 1. The summed E-state index contributed by atoms with van der Waals surface area (Å²) in [5.74, 6) is 0. The number of hydrogen-bond donors (Lipinski definition) is 2. The van der Waals surface area contributed by atoms with Gasteiger partial charge in [-0.3, -0.25) is 4.55 Å². The molecule has 0 spiro atoms. The van der Waals surface area contributed by atoms with Crippen LogP contribution in [0.2, 0.25) is 0 Å². The third-order valence-corrected chi connectivity index (χ3v) is 8.09. The third-order valence-electron chi connectivity index (χ3n) is 7.24. The molecule has 1 aliphatic rings. The molecule has 0 aliphatic carbocycles. The molecular weight excluding hydrogens is 482 g/mol. The highest BCUT2D eigenvalue weighted by molar-refractivity contribution is 7.85.